The minimum atomic E-state index is -0.981. The molecular formula is C9H12O6Tb. The Kier molecular flexibility index (Phi) is 29.5. The maximum Gasteiger partial charge on any atom is 0.327 e. The van der Waals surface area contributed by atoms with Crippen LogP contribution in [-0.2, 0) is 14.4 Å². The number of aliphatic carboxylic acids is 3. The Bertz CT molecular complexity index is 216. The van der Waals surface area contributed by atoms with Gasteiger partial charge in [0, 0.05) is 56.8 Å². The molecule has 1 radical (unpaired) electrons. The summed E-state index contributed by atoms with van der Waals surface area (Å²) in [6.45, 7) is 8.88. The quantitative estimate of drug-likeness (QED) is 0.629. The molecule has 0 atom stereocenters. The summed E-state index contributed by atoms with van der Waals surface area (Å²) in [4.78, 5) is 27.8. The predicted molar refractivity (Wildman–Crippen MR) is 53.5 cm³/mol. The molecule has 0 heterocycles. The molecule has 0 amide bonds. The molecule has 0 aliphatic carbocycles. The van der Waals surface area contributed by atoms with Gasteiger partial charge in [-0.05, 0) is 0 Å². The fourth-order valence-corrected chi connectivity index (χ4v) is 0. The van der Waals surface area contributed by atoms with E-state index in [9.17, 15) is 14.4 Å². The minimum absolute atomic E-state index is 0. The zero-order valence-corrected chi connectivity index (χ0v) is 10.4. The Morgan fingerprint density at radius 3 is 0.750 bits per heavy atom. The molecule has 0 unspecified atom stereocenters. The van der Waals surface area contributed by atoms with Crippen LogP contribution in [0.5, 0.6) is 0 Å². The number of carboxylic acids is 3. The average Bonchev–Trinajstić information content (AvgIpc) is 2.19. The van der Waals surface area contributed by atoms with Crippen molar-refractivity contribution in [3.8, 4) is 0 Å². The Morgan fingerprint density at radius 1 is 0.688 bits per heavy atom. The van der Waals surface area contributed by atoms with E-state index >= 15 is 0 Å². The van der Waals surface area contributed by atoms with E-state index < -0.39 is 17.9 Å². The van der Waals surface area contributed by atoms with Gasteiger partial charge < -0.3 is 15.3 Å². The zero-order chi connectivity index (χ0) is 12.9. The van der Waals surface area contributed by atoms with Crippen molar-refractivity contribution in [3.63, 3.8) is 0 Å². The van der Waals surface area contributed by atoms with Crippen LogP contribution in [0, 0.1) is 38.6 Å². The SMILES string of the molecule is C=CC(=O)O.C=CC(=O)O.C=CC(=O)O.[Tb]. The first-order valence-corrected chi connectivity index (χ1v) is 3.37. The summed E-state index contributed by atoms with van der Waals surface area (Å²) in [7, 11) is 0. The number of carboxylic acid groups (broad SMARTS) is 3. The molecule has 0 aromatic rings. The van der Waals surface area contributed by atoms with Crippen LogP contribution in [0.1, 0.15) is 0 Å². The summed E-state index contributed by atoms with van der Waals surface area (Å²) in [5, 5.41) is 22.8. The molecule has 6 nitrogen and oxygen atoms in total. The number of hydrogen-bond acceptors (Lipinski definition) is 3. The number of rotatable bonds is 3. The summed E-state index contributed by atoms with van der Waals surface area (Å²) < 4.78 is 0. The Hall–Kier alpha value is -1.08. The second-order valence-electron chi connectivity index (χ2n) is 1.63. The second-order valence-corrected chi connectivity index (χ2v) is 1.63. The van der Waals surface area contributed by atoms with E-state index in [2.05, 4.69) is 19.7 Å². The van der Waals surface area contributed by atoms with E-state index in [1.54, 1.807) is 0 Å². The minimum Gasteiger partial charge on any atom is -0.478 e. The van der Waals surface area contributed by atoms with E-state index in [1.807, 2.05) is 0 Å². The van der Waals surface area contributed by atoms with Crippen LogP contribution >= 0.6 is 0 Å². The van der Waals surface area contributed by atoms with Gasteiger partial charge in [0.1, 0.15) is 0 Å². The maximum atomic E-state index is 9.25. The van der Waals surface area contributed by atoms with Crippen molar-refractivity contribution in [2.75, 3.05) is 0 Å². The summed E-state index contributed by atoms with van der Waals surface area (Å²) in [5.74, 6) is -2.94. The fourth-order valence-electron chi connectivity index (χ4n) is 0. The monoisotopic (exact) mass is 375 g/mol. The maximum absolute atomic E-state index is 9.25. The van der Waals surface area contributed by atoms with E-state index in [0.29, 0.717) is 0 Å². The van der Waals surface area contributed by atoms with Crippen molar-refractivity contribution in [2.45, 2.75) is 0 Å². The van der Waals surface area contributed by atoms with Crippen molar-refractivity contribution in [2.24, 2.45) is 0 Å². The molecule has 0 aromatic carbocycles. The van der Waals surface area contributed by atoms with Crippen molar-refractivity contribution in [1.29, 1.82) is 0 Å². The van der Waals surface area contributed by atoms with Crippen LogP contribution in [0.25, 0.3) is 0 Å². The van der Waals surface area contributed by atoms with Gasteiger partial charge in [0.05, 0.1) is 0 Å². The summed E-state index contributed by atoms with van der Waals surface area (Å²) in [6, 6.07) is 0. The molecule has 0 saturated carbocycles. The first kappa shape index (κ1) is 24.2. The molecule has 0 aromatic heterocycles. The number of carbonyl (C=O) groups is 3. The standard InChI is InChI=1S/3C3H4O2.Tb/c3*1-2-3(4)5;/h3*2H,1H2,(H,4,5);. The molecule has 0 aliphatic heterocycles. The Labute approximate surface area is 123 Å². The van der Waals surface area contributed by atoms with Gasteiger partial charge in [-0.25, -0.2) is 14.4 Å². The Balaban J connectivity index is -0.0000000655. The normalized spacial score (nSPS) is 6.00. The van der Waals surface area contributed by atoms with Gasteiger partial charge in [-0.15, -0.1) is 0 Å². The third-order valence-corrected chi connectivity index (χ3v) is 0.524. The van der Waals surface area contributed by atoms with Gasteiger partial charge in [-0.3, -0.25) is 0 Å². The molecule has 0 rings (SSSR count). The molecule has 0 spiro atoms. The molecule has 93 valence electrons. The molecular weight excluding hydrogens is 363 g/mol. The second kappa shape index (κ2) is 19.5. The van der Waals surface area contributed by atoms with Gasteiger partial charge >= 0.3 is 17.9 Å². The first-order valence-electron chi connectivity index (χ1n) is 3.37. The van der Waals surface area contributed by atoms with Gasteiger partial charge in [0.2, 0.25) is 0 Å². The molecule has 0 saturated heterocycles. The van der Waals surface area contributed by atoms with Crippen LogP contribution in [-0.4, -0.2) is 33.2 Å². The van der Waals surface area contributed by atoms with E-state index in [-0.39, 0.29) is 38.6 Å². The zero-order valence-electron chi connectivity index (χ0n) is 8.25. The van der Waals surface area contributed by atoms with E-state index in [0.717, 1.165) is 18.2 Å². The van der Waals surface area contributed by atoms with Crippen LogP contribution < -0.4 is 0 Å². The molecule has 3 N–H and O–H groups in total. The number of hydrogen-bond donors (Lipinski definition) is 3. The molecule has 0 aliphatic rings. The molecule has 0 bridgehead atoms. The average molecular weight is 375 g/mol. The van der Waals surface area contributed by atoms with Crippen LogP contribution in [0.2, 0.25) is 0 Å². The summed E-state index contributed by atoms with van der Waals surface area (Å²) >= 11 is 0. The Morgan fingerprint density at radius 2 is 0.750 bits per heavy atom. The third kappa shape index (κ3) is 75.9. The first-order chi connectivity index (χ1) is 6.81. The van der Waals surface area contributed by atoms with Crippen LogP contribution in [0.4, 0.5) is 0 Å². The topological polar surface area (TPSA) is 112 Å². The molecule has 7 heteroatoms. The van der Waals surface area contributed by atoms with Gasteiger partial charge in [-0.2, -0.15) is 0 Å². The van der Waals surface area contributed by atoms with E-state index in [1.165, 1.54) is 0 Å². The van der Waals surface area contributed by atoms with Gasteiger partial charge in [0.25, 0.3) is 0 Å². The van der Waals surface area contributed by atoms with Crippen molar-refractivity contribution in [1.82, 2.24) is 0 Å². The van der Waals surface area contributed by atoms with Crippen LogP contribution in [0.15, 0.2) is 38.0 Å². The van der Waals surface area contributed by atoms with Crippen molar-refractivity contribution >= 4 is 17.9 Å². The molecule has 16 heavy (non-hydrogen) atoms. The summed E-state index contributed by atoms with van der Waals surface area (Å²) in [6.07, 6.45) is 2.50. The van der Waals surface area contributed by atoms with Gasteiger partial charge in [0.15, 0.2) is 0 Å². The van der Waals surface area contributed by atoms with Crippen LogP contribution in [0.3, 0.4) is 0 Å². The fraction of sp³-hybridized carbons (Fsp3) is 0. The van der Waals surface area contributed by atoms with Crippen molar-refractivity contribution in [3.05, 3.63) is 38.0 Å². The summed E-state index contributed by atoms with van der Waals surface area (Å²) in [5.41, 5.74) is 0. The largest absolute Gasteiger partial charge is 0.478 e. The van der Waals surface area contributed by atoms with Gasteiger partial charge in [-0.1, -0.05) is 19.7 Å². The molecule has 0 fully saturated rings. The predicted octanol–water partition coefficient (Wildman–Crippen LogP) is 0.771. The third-order valence-electron chi connectivity index (χ3n) is 0.524. The van der Waals surface area contributed by atoms with Crippen molar-refractivity contribution < 1.29 is 68.3 Å². The smallest absolute Gasteiger partial charge is 0.327 e. The van der Waals surface area contributed by atoms with E-state index in [4.69, 9.17) is 15.3 Å².